The highest BCUT2D eigenvalue weighted by molar-refractivity contribution is 6.07. The first-order valence-electron chi connectivity index (χ1n) is 9.00. The molecule has 0 aliphatic rings. The number of anilines is 1. The second-order valence-corrected chi connectivity index (χ2v) is 6.28. The summed E-state index contributed by atoms with van der Waals surface area (Å²) in [4.78, 5) is 37.5. The van der Waals surface area contributed by atoms with Crippen LogP contribution in [0.15, 0.2) is 79.3 Å². The zero-order valence-corrected chi connectivity index (χ0v) is 15.4. The first-order chi connectivity index (χ1) is 14.2. The van der Waals surface area contributed by atoms with Gasteiger partial charge in [-0.1, -0.05) is 24.3 Å². The Kier molecular flexibility index (Phi) is 5.20. The van der Waals surface area contributed by atoms with Crippen LogP contribution in [0.5, 0.6) is 0 Å². The molecule has 0 aliphatic carbocycles. The highest BCUT2D eigenvalue weighted by Gasteiger charge is 2.14. The third-order valence-corrected chi connectivity index (χ3v) is 4.30. The van der Waals surface area contributed by atoms with Crippen molar-refractivity contribution in [3.8, 4) is 0 Å². The molecule has 142 valence electrons. The molecule has 0 fully saturated rings. The van der Waals surface area contributed by atoms with Crippen molar-refractivity contribution in [2.45, 2.75) is 6.54 Å². The summed E-state index contributed by atoms with van der Waals surface area (Å²) >= 11 is 0. The van der Waals surface area contributed by atoms with Crippen molar-refractivity contribution in [2.75, 3.05) is 5.32 Å². The van der Waals surface area contributed by atoms with Gasteiger partial charge in [-0.05, 0) is 42.0 Å². The predicted molar refractivity (Wildman–Crippen MR) is 109 cm³/mol. The maximum absolute atomic E-state index is 12.7. The van der Waals surface area contributed by atoms with Crippen molar-refractivity contribution in [1.29, 1.82) is 0 Å². The van der Waals surface area contributed by atoms with E-state index in [0.717, 1.165) is 10.9 Å². The Balaban J connectivity index is 1.49. The molecule has 3 heterocycles. The van der Waals surface area contributed by atoms with E-state index in [1.807, 2.05) is 36.4 Å². The molecule has 0 saturated heterocycles. The number of benzene rings is 1. The lowest BCUT2D eigenvalue weighted by Crippen LogP contribution is -2.25. The summed E-state index contributed by atoms with van der Waals surface area (Å²) in [6.45, 7) is 0.348. The molecule has 2 amide bonds. The summed E-state index contributed by atoms with van der Waals surface area (Å²) < 4.78 is 0. The Hall–Kier alpha value is -4.13. The van der Waals surface area contributed by atoms with Crippen LogP contribution in [0.25, 0.3) is 10.9 Å². The van der Waals surface area contributed by atoms with Crippen LogP contribution in [-0.4, -0.2) is 26.8 Å². The maximum atomic E-state index is 12.7. The summed E-state index contributed by atoms with van der Waals surface area (Å²) in [6.07, 6.45) is 4.99. The highest BCUT2D eigenvalue weighted by Crippen LogP contribution is 2.21. The fraction of sp³-hybridized carbons (Fsp3) is 0.0455. The number of carbonyl (C=O) groups excluding carboxylic acids is 2. The average Bonchev–Trinajstić information content (AvgIpc) is 2.78. The number of nitrogens with one attached hydrogen (secondary N) is 2. The Morgan fingerprint density at radius 2 is 1.52 bits per heavy atom. The van der Waals surface area contributed by atoms with Crippen molar-refractivity contribution in [3.63, 3.8) is 0 Å². The van der Waals surface area contributed by atoms with Crippen molar-refractivity contribution in [3.05, 3.63) is 96.2 Å². The summed E-state index contributed by atoms with van der Waals surface area (Å²) in [5.74, 6) is -0.768. The minimum absolute atomic E-state index is 0.148. The van der Waals surface area contributed by atoms with Crippen LogP contribution < -0.4 is 10.6 Å². The first-order valence-corrected chi connectivity index (χ1v) is 9.00. The molecule has 7 heteroatoms. The van der Waals surface area contributed by atoms with Gasteiger partial charge in [0.05, 0.1) is 11.2 Å². The van der Waals surface area contributed by atoms with Crippen molar-refractivity contribution in [1.82, 2.24) is 20.3 Å². The molecule has 0 saturated carbocycles. The molecule has 29 heavy (non-hydrogen) atoms. The molecule has 4 rings (SSSR count). The number of hydrogen-bond acceptors (Lipinski definition) is 5. The predicted octanol–water partition coefficient (Wildman–Crippen LogP) is 3.21. The minimum Gasteiger partial charge on any atom is -0.347 e. The number of nitrogens with zero attached hydrogens (tertiary/aromatic N) is 3. The lowest BCUT2D eigenvalue weighted by atomic mass is 10.2. The molecule has 0 unspecified atom stereocenters. The fourth-order valence-electron chi connectivity index (χ4n) is 2.85. The van der Waals surface area contributed by atoms with E-state index >= 15 is 0 Å². The Labute approximate surface area is 166 Å². The van der Waals surface area contributed by atoms with E-state index in [0.29, 0.717) is 17.7 Å². The van der Waals surface area contributed by atoms with Crippen LogP contribution in [0, 0.1) is 0 Å². The largest absolute Gasteiger partial charge is 0.347 e. The van der Waals surface area contributed by atoms with Crippen molar-refractivity contribution >= 4 is 28.4 Å². The van der Waals surface area contributed by atoms with Gasteiger partial charge in [0.2, 0.25) is 0 Å². The second-order valence-electron chi connectivity index (χ2n) is 6.28. The van der Waals surface area contributed by atoms with Gasteiger partial charge in [0.25, 0.3) is 11.8 Å². The van der Waals surface area contributed by atoms with Crippen LogP contribution in [0.1, 0.15) is 26.5 Å². The zero-order chi connectivity index (χ0) is 20.1. The molecule has 0 spiro atoms. The van der Waals surface area contributed by atoms with Crippen LogP contribution in [0.3, 0.4) is 0 Å². The van der Waals surface area contributed by atoms with Crippen molar-refractivity contribution in [2.24, 2.45) is 0 Å². The molecule has 0 bridgehead atoms. The number of hydrogen-bond donors (Lipinski definition) is 2. The monoisotopic (exact) mass is 383 g/mol. The maximum Gasteiger partial charge on any atom is 0.274 e. The quantitative estimate of drug-likeness (QED) is 0.552. The number of carbonyl (C=O) groups is 2. The normalized spacial score (nSPS) is 10.5. The number of pyridine rings is 3. The van der Waals surface area contributed by atoms with Crippen molar-refractivity contribution < 1.29 is 9.59 Å². The van der Waals surface area contributed by atoms with Gasteiger partial charge in [-0.2, -0.15) is 0 Å². The topological polar surface area (TPSA) is 96.9 Å². The lowest BCUT2D eigenvalue weighted by molar-refractivity contribution is 0.0945. The van der Waals surface area contributed by atoms with E-state index in [1.54, 1.807) is 42.9 Å². The van der Waals surface area contributed by atoms with E-state index in [-0.39, 0.29) is 17.3 Å². The Morgan fingerprint density at radius 1 is 0.793 bits per heavy atom. The van der Waals surface area contributed by atoms with Crippen LogP contribution in [0.4, 0.5) is 5.69 Å². The molecule has 2 N–H and O–H groups in total. The lowest BCUT2D eigenvalue weighted by Gasteiger charge is -2.09. The van der Waals surface area contributed by atoms with Gasteiger partial charge in [0.15, 0.2) is 0 Å². The summed E-state index contributed by atoms with van der Waals surface area (Å²) in [6, 6.07) is 17.7. The number of amides is 2. The van der Waals surface area contributed by atoms with Gasteiger partial charge in [-0.25, -0.2) is 4.98 Å². The van der Waals surface area contributed by atoms with Crippen LogP contribution in [0.2, 0.25) is 0 Å². The van der Waals surface area contributed by atoms with E-state index in [2.05, 4.69) is 25.6 Å². The highest BCUT2D eigenvalue weighted by atomic mass is 16.2. The molecular formula is C22H17N5O2. The summed E-state index contributed by atoms with van der Waals surface area (Å²) in [5.41, 5.74) is 2.51. The fourth-order valence-corrected chi connectivity index (χ4v) is 2.85. The second kappa shape index (κ2) is 8.26. The van der Waals surface area contributed by atoms with E-state index in [1.165, 1.54) is 0 Å². The van der Waals surface area contributed by atoms with Crippen LogP contribution in [-0.2, 0) is 6.54 Å². The first kappa shape index (κ1) is 18.2. The SMILES string of the molecule is O=C(NCc1ccncc1)c1cccc(C(=O)Nc2cccc3cccnc23)n1. The average molecular weight is 383 g/mol. The molecule has 3 aromatic heterocycles. The Bertz CT molecular complexity index is 1170. The summed E-state index contributed by atoms with van der Waals surface area (Å²) in [5, 5.41) is 6.53. The molecule has 0 aliphatic heterocycles. The number of aromatic nitrogens is 3. The van der Waals surface area contributed by atoms with Gasteiger partial charge >= 0.3 is 0 Å². The van der Waals surface area contributed by atoms with Gasteiger partial charge < -0.3 is 10.6 Å². The van der Waals surface area contributed by atoms with Gasteiger partial charge in [-0.3, -0.25) is 19.6 Å². The molecule has 1 aromatic carbocycles. The van der Waals surface area contributed by atoms with E-state index in [4.69, 9.17) is 0 Å². The Morgan fingerprint density at radius 3 is 2.34 bits per heavy atom. The van der Waals surface area contributed by atoms with Gasteiger partial charge in [0, 0.05) is 30.5 Å². The molecular weight excluding hydrogens is 366 g/mol. The molecule has 0 radical (unpaired) electrons. The van der Waals surface area contributed by atoms with E-state index in [9.17, 15) is 9.59 Å². The van der Waals surface area contributed by atoms with E-state index < -0.39 is 5.91 Å². The standard InChI is InChI=1S/C22H17N5O2/c28-21(25-14-15-9-12-23-13-10-15)18-7-2-8-19(26-18)22(29)27-17-6-1-4-16-5-3-11-24-20(16)17/h1-13H,14H2,(H,25,28)(H,27,29). The number of para-hydroxylation sites is 1. The molecule has 4 aromatic rings. The number of rotatable bonds is 5. The van der Waals surface area contributed by atoms with Crippen LogP contribution >= 0.6 is 0 Å². The smallest absolute Gasteiger partial charge is 0.274 e. The minimum atomic E-state index is -0.410. The van der Waals surface area contributed by atoms with Gasteiger partial charge in [0.1, 0.15) is 11.4 Å². The van der Waals surface area contributed by atoms with Gasteiger partial charge in [-0.15, -0.1) is 0 Å². The zero-order valence-electron chi connectivity index (χ0n) is 15.4. The third-order valence-electron chi connectivity index (χ3n) is 4.30. The third kappa shape index (κ3) is 4.24. The molecule has 7 nitrogen and oxygen atoms in total. The molecule has 0 atom stereocenters. The summed E-state index contributed by atoms with van der Waals surface area (Å²) in [7, 11) is 0. The number of fused-ring (bicyclic) bond motifs is 1.